The Morgan fingerprint density at radius 2 is 1.77 bits per heavy atom. The van der Waals surface area contributed by atoms with Crippen LogP contribution in [0.4, 0.5) is 13.2 Å². The van der Waals surface area contributed by atoms with Crippen LogP contribution >= 0.6 is 11.8 Å². The average Bonchev–Trinajstić information content (AvgIpc) is 2.73. The maximum Gasteiger partial charge on any atom is 0.398 e. The first-order valence-electron chi connectivity index (χ1n) is 9.15. The molecule has 3 rings (SSSR count). The van der Waals surface area contributed by atoms with Crippen molar-refractivity contribution >= 4 is 11.8 Å². The van der Waals surface area contributed by atoms with E-state index >= 15 is 0 Å². The van der Waals surface area contributed by atoms with Crippen LogP contribution in [0.1, 0.15) is 11.3 Å². The lowest BCUT2D eigenvalue weighted by molar-refractivity contribution is -0.105. The van der Waals surface area contributed by atoms with E-state index in [0.717, 1.165) is 5.56 Å². The first-order chi connectivity index (χ1) is 14.7. The van der Waals surface area contributed by atoms with Crippen molar-refractivity contribution < 1.29 is 22.6 Å². The molecule has 0 saturated carbocycles. The van der Waals surface area contributed by atoms with Gasteiger partial charge in [0.2, 0.25) is 0 Å². The highest BCUT2D eigenvalue weighted by molar-refractivity contribution is 7.99. The van der Waals surface area contributed by atoms with E-state index in [9.17, 15) is 18.0 Å². The molecular weight excluding hydrogens is 431 g/mol. The molecule has 0 spiro atoms. The molecule has 0 unspecified atom stereocenters. The molecule has 2 heterocycles. The van der Waals surface area contributed by atoms with Gasteiger partial charge >= 0.3 is 6.18 Å². The lowest BCUT2D eigenvalue weighted by Crippen LogP contribution is -2.19. The SMILES string of the molecule is COc1ccc(Cn2cc(-c3cc(C)nc(SCC(F)(F)F)n3)ccc2=O)cc1OC. The lowest BCUT2D eigenvalue weighted by atomic mass is 10.1. The van der Waals surface area contributed by atoms with Crippen LogP contribution in [0.2, 0.25) is 0 Å². The number of methoxy groups -OCH3 is 2. The Hall–Kier alpha value is -3.01. The Labute approximate surface area is 181 Å². The van der Waals surface area contributed by atoms with Crippen LogP contribution in [-0.4, -0.2) is 40.7 Å². The van der Waals surface area contributed by atoms with Crippen LogP contribution in [0, 0.1) is 6.92 Å². The molecule has 0 aliphatic heterocycles. The summed E-state index contributed by atoms with van der Waals surface area (Å²) in [7, 11) is 3.07. The summed E-state index contributed by atoms with van der Waals surface area (Å²) in [5.74, 6) is 0.0453. The minimum Gasteiger partial charge on any atom is -0.493 e. The van der Waals surface area contributed by atoms with Crippen LogP contribution in [0.3, 0.4) is 0 Å². The van der Waals surface area contributed by atoms with Gasteiger partial charge in [-0.3, -0.25) is 4.79 Å². The van der Waals surface area contributed by atoms with E-state index in [0.29, 0.717) is 40.2 Å². The predicted octanol–water partition coefficient (Wildman–Crippen LogP) is 4.33. The number of nitrogens with zero attached hydrogens (tertiary/aromatic N) is 3. The molecule has 0 saturated heterocycles. The Kier molecular flexibility index (Phi) is 6.89. The molecule has 1 aromatic carbocycles. The number of aromatic nitrogens is 3. The highest BCUT2D eigenvalue weighted by Gasteiger charge is 2.28. The van der Waals surface area contributed by atoms with Gasteiger partial charge < -0.3 is 14.0 Å². The largest absolute Gasteiger partial charge is 0.493 e. The van der Waals surface area contributed by atoms with Gasteiger partial charge in [0, 0.05) is 23.5 Å². The highest BCUT2D eigenvalue weighted by atomic mass is 32.2. The number of ether oxygens (including phenoxy) is 2. The first kappa shape index (κ1) is 22.7. The molecule has 0 N–H and O–H groups in total. The van der Waals surface area contributed by atoms with E-state index < -0.39 is 11.9 Å². The smallest absolute Gasteiger partial charge is 0.398 e. The molecule has 164 valence electrons. The maximum absolute atomic E-state index is 12.5. The second-order valence-corrected chi connectivity index (χ2v) is 7.60. The van der Waals surface area contributed by atoms with Gasteiger partial charge in [0.15, 0.2) is 16.7 Å². The van der Waals surface area contributed by atoms with Crippen LogP contribution in [-0.2, 0) is 6.54 Å². The summed E-state index contributed by atoms with van der Waals surface area (Å²) in [5.41, 5.74) is 2.16. The van der Waals surface area contributed by atoms with E-state index in [-0.39, 0.29) is 17.3 Å². The number of halogens is 3. The quantitative estimate of drug-likeness (QED) is 0.394. The molecule has 0 bridgehead atoms. The summed E-state index contributed by atoms with van der Waals surface area (Å²) < 4.78 is 49.6. The van der Waals surface area contributed by atoms with E-state index in [1.807, 2.05) is 6.07 Å². The van der Waals surface area contributed by atoms with Gasteiger partial charge in [-0.05, 0) is 36.8 Å². The summed E-state index contributed by atoms with van der Waals surface area (Å²) in [4.78, 5) is 20.7. The van der Waals surface area contributed by atoms with Gasteiger partial charge in [-0.2, -0.15) is 13.2 Å². The molecule has 31 heavy (non-hydrogen) atoms. The fourth-order valence-electron chi connectivity index (χ4n) is 2.88. The zero-order valence-corrected chi connectivity index (χ0v) is 17.9. The third-order valence-corrected chi connectivity index (χ3v) is 5.19. The van der Waals surface area contributed by atoms with Crippen LogP contribution in [0.5, 0.6) is 11.5 Å². The average molecular weight is 451 g/mol. The first-order valence-corrected chi connectivity index (χ1v) is 10.1. The van der Waals surface area contributed by atoms with Crippen molar-refractivity contribution in [3.05, 3.63) is 64.2 Å². The molecule has 0 fully saturated rings. The minimum atomic E-state index is -4.31. The van der Waals surface area contributed by atoms with Crippen molar-refractivity contribution in [1.29, 1.82) is 0 Å². The Morgan fingerprint density at radius 3 is 2.45 bits per heavy atom. The molecule has 0 aliphatic carbocycles. The molecule has 3 aromatic rings. The molecule has 0 atom stereocenters. The monoisotopic (exact) mass is 451 g/mol. The zero-order valence-electron chi connectivity index (χ0n) is 17.1. The molecule has 0 amide bonds. The summed E-state index contributed by atoms with van der Waals surface area (Å²) in [6, 6.07) is 10.0. The maximum atomic E-state index is 12.5. The van der Waals surface area contributed by atoms with Gasteiger partial charge in [-0.25, -0.2) is 9.97 Å². The Balaban J connectivity index is 1.91. The number of rotatable bonds is 7. The zero-order chi connectivity index (χ0) is 22.6. The summed E-state index contributed by atoms with van der Waals surface area (Å²) in [6.07, 6.45) is -2.69. The van der Waals surface area contributed by atoms with E-state index in [4.69, 9.17) is 9.47 Å². The van der Waals surface area contributed by atoms with Crippen molar-refractivity contribution in [3.8, 4) is 22.8 Å². The number of benzene rings is 1. The Bertz CT molecular complexity index is 1130. The summed E-state index contributed by atoms with van der Waals surface area (Å²) in [6.45, 7) is 1.95. The van der Waals surface area contributed by atoms with E-state index in [1.54, 1.807) is 37.4 Å². The van der Waals surface area contributed by atoms with Gasteiger partial charge in [0.25, 0.3) is 5.56 Å². The third kappa shape index (κ3) is 6.00. The minimum absolute atomic E-state index is 0.0324. The highest BCUT2D eigenvalue weighted by Crippen LogP contribution is 2.29. The second-order valence-electron chi connectivity index (χ2n) is 6.65. The standard InChI is InChI=1S/C21H20F3N3O3S/c1-13-8-16(26-20(25-13)31-12-21(22,23)24)15-5-7-19(28)27(11-15)10-14-4-6-17(29-2)18(9-14)30-3/h4-9,11H,10,12H2,1-3H3. The second kappa shape index (κ2) is 9.42. The van der Waals surface area contributed by atoms with Crippen molar-refractivity contribution in [2.45, 2.75) is 24.8 Å². The normalized spacial score (nSPS) is 11.4. The number of hydrogen-bond donors (Lipinski definition) is 0. The van der Waals surface area contributed by atoms with E-state index in [1.165, 1.54) is 24.9 Å². The molecular formula is C21H20F3N3O3S. The predicted molar refractivity (Wildman–Crippen MR) is 112 cm³/mol. The molecule has 6 nitrogen and oxygen atoms in total. The number of thioether (sulfide) groups is 1. The van der Waals surface area contributed by atoms with Crippen molar-refractivity contribution in [2.24, 2.45) is 0 Å². The van der Waals surface area contributed by atoms with Crippen LogP contribution in [0.15, 0.2) is 52.5 Å². The molecule has 0 radical (unpaired) electrons. The number of alkyl halides is 3. The van der Waals surface area contributed by atoms with Crippen molar-refractivity contribution in [1.82, 2.24) is 14.5 Å². The number of pyridine rings is 1. The fourth-order valence-corrected chi connectivity index (χ4v) is 3.55. The van der Waals surface area contributed by atoms with Crippen molar-refractivity contribution in [3.63, 3.8) is 0 Å². The molecule has 2 aromatic heterocycles. The topological polar surface area (TPSA) is 66.2 Å². The molecule has 0 aliphatic rings. The van der Waals surface area contributed by atoms with Gasteiger partial charge in [0.1, 0.15) is 0 Å². The Morgan fingerprint density at radius 1 is 1.03 bits per heavy atom. The summed E-state index contributed by atoms with van der Waals surface area (Å²) in [5, 5.41) is 0.0324. The lowest BCUT2D eigenvalue weighted by Gasteiger charge is -2.12. The third-order valence-electron chi connectivity index (χ3n) is 4.28. The fraction of sp³-hybridized carbons (Fsp3) is 0.286. The van der Waals surface area contributed by atoms with Crippen LogP contribution < -0.4 is 15.0 Å². The van der Waals surface area contributed by atoms with E-state index in [2.05, 4.69) is 9.97 Å². The number of hydrogen-bond acceptors (Lipinski definition) is 6. The number of aryl methyl sites for hydroxylation is 1. The summed E-state index contributed by atoms with van der Waals surface area (Å²) >= 11 is 0.526. The van der Waals surface area contributed by atoms with Crippen molar-refractivity contribution in [2.75, 3.05) is 20.0 Å². The van der Waals surface area contributed by atoms with Gasteiger partial charge in [-0.15, -0.1) is 0 Å². The van der Waals surface area contributed by atoms with Crippen LogP contribution in [0.25, 0.3) is 11.3 Å². The van der Waals surface area contributed by atoms with Gasteiger partial charge in [0.05, 0.1) is 32.2 Å². The molecule has 10 heteroatoms. The van der Waals surface area contributed by atoms with Gasteiger partial charge in [-0.1, -0.05) is 17.8 Å².